The van der Waals surface area contributed by atoms with Crippen molar-refractivity contribution >= 4 is 50.1 Å². The monoisotopic (exact) mass is 441 g/mol. The first-order chi connectivity index (χ1) is 12.0. The van der Waals surface area contributed by atoms with E-state index in [2.05, 4.69) is 31.4 Å². The highest BCUT2D eigenvalue weighted by Gasteiger charge is 2.14. The highest BCUT2D eigenvalue weighted by molar-refractivity contribution is 9.10. The molecule has 0 atom stereocenters. The summed E-state index contributed by atoms with van der Waals surface area (Å²) in [5.41, 5.74) is 1.13. The number of nitrogens with zero attached hydrogens (tertiary/aromatic N) is 2. The highest BCUT2D eigenvalue weighted by Crippen LogP contribution is 2.29. The van der Waals surface area contributed by atoms with Crippen molar-refractivity contribution in [3.8, 4) is 0 Å². The number of anilines is 1. The number of halogens is 3. The van der Waals surface area contributed by atoms with Gasteiger partial charge in [-0.2, -0.15) is 0 Å². The van der Waals surface area contributed by atoms with Crippen molar-refractivity contribution in [2.24, 2.45) is 0 Å². The Morgan fingerprint density at radius 1 is 1.12 bits per heavy atom. The van der Waals surface area contributed by atoms with Gasteiger partial charge in [0.05, 0.1) is 5.56 Å². The number of amides is 1. The molecular formula is C16H10BrF2N3OS2. The maximum Gasteiger partial charge on any atom is 0.258 e. The van der Waals surface area contributed by atoms with Crippen molar-refractivity contribution in [3.05, 3.63) is 69.7 Å². The SMILES string of the molecule is O=C(Nc1nnc(SCc2ccc(F)cc2)s1)c1cc(F)ccc1Br. The molecule has 25 heavy (non-hydrogen) atoms. The molecule has 0 saturated carbocycles. The summed E-state index contributed by atoms with van der Waals surface area (Å²) in [7, 11) is 0. The summed E-state index contributed by atoms with van der Waals surface area (Å²) in [5, 5.41) is 10.8. The zero-order valence-electron chi connectivity index (χ0n) is 12.5. The Bertz CT molecular complexity index is 903. The minimum atomic E-state index is -0.499. The van der Waals surface area contributed by atoms with Gasteiger partial charge in [-0.15, -0.1) is 10.2 Å². The quantitative estimate of drug-likeness (QED) is 0.440. The highest BCUT2D eigenvalue weighted by atomic mass is 79.9. The molecule has 0 aliphatic rings. The predicted octanol–water partition coefficient (Wildman–Crippen LogP) is 5.12. The first-order valence-corrected chi connectivity index (χ1v) is 9.58. The molecule has 0 radical (unpaired) electrons. The van der Waals surface area contributed by atoms with Crippen molar-refractivity contribution in [1.82, 2.24) is 10.2 Å². The van der Waals surface area contributed by atoms with Crippen LogP contribution >= 0.6 is 39.0 Å². The van der Waals surface area contributed by atoms with Crippen molar-refractivity contribution in [2.45, 2.75) is 10.1 Å². The van der Waals surface area contributed by atoms with E-state index in [4.69, 9.17) is 0 Å². The van der Waals surface area contributed by atoms with Crippen LogP contribution < -0.4 is 5.32 Å². The minimum Gasteiger partial charge on any atom is -0.296 e. The summed E-state index contributed by atoms with van der Waals surface area (Å²) in [5.74, 6) is -0.643. The zero-order valence-corrected chi connectivity index (χ0v) is 15.7. The molecule has 9 heteroatoms. The average molecular weight is 442 g/mol. The molecule has 0 unspecified atom stereocenters. The van der Waals surface area contributed by atoms with Gasteiger partial charge in [-0.05, 0) is 51.8 Å². The Labute approximate surface area is 158 Å². The number of benzene rings is 2. The molecule has 0 saturated heterocycles. The predicted molar refractivity (Wildman–Crippen MR) is 97.9 cm³/mol. The molecule has 128 valence electrons. The summed E-state index contributed by atoms with van der Waals surface area (Å²) in [6, 6.07) is 10.1. The maximum absolute atomic E-state index is 13.3. The number of thioether (sulfide) groups is 1. The van der Waals surface area contributed by atoms with E-state index in [0.717, 1.165) is 11.6 Å². The van der Waals surface area contributed by atoms with E-state index in [1.807, 2.05) is 0 Å². The van der Waals surface area contributed by atoms with Gasteiger partial charge in [0.25, 0.3) is 5.91 Å². The first-order valence-electron chi connectivity index (χ1n) is 6.98. The van der Waals surface area contributed by atoms with E-state index in [0.29, 0.717) is 19.7 Å². The van der Waals surface area contributed by atoms with Crippen LogP contribution in [-0.2, 0) is 5.75 Å². The van der Waals surface area contributed by atoms with Crippen LogP contribution in [0, 0.1) is 11.6 Å². The molecule has 1 heterocycles. The lowest BCUT2D eigenvalue weighted by molar-refractivity contribution is 0.102. The van der Waals surface area contributed by atoms with Crippen molar-refractivity contribution < 1.29 is 13.6 Å². The summed E-state index contributed by atoms with van der Waals surface area (Å²) in [4.78, 5) is 12.2. The van der Waals surface area contributed by atoms with Gasteiger partial charge in [0.2, 0.25) is 5.13 Å². The third-order valence-corrected chi connectivity index (χ3v) is 5.81. The van der Waals surface area contributed by atoms with E-state index < -0.39 is 11.7 Å². The summed E-state index contributed by atoms with van der Waals surface area (Å²) >= 11 is 5.86. The summed E-state index contributed by atoms with van der Waals surface area (Å²) in [6.07, 6.45) is 0. The van der Waals surface area contributed by atoms with E-state index in [1.54, 1.807) is 12.1 Å². The van der Waals surface area contributed by atoms with Crippen molar-refractivity contribution in [3.63, 3.8) is 0 Å². The van der Waals surface area contributed by atoms with Gasteiger partial charge < -0.3 is 0 Å². The molecule has 3 rings (SSSR count). The van der Waals surface area contributed by atoms with Crippen molar-refractivity contribution in [1.29, 1.82) is 0 Å². The fourth-order valence-corrected chi connectivity index (χ4v) is 4.01. The molecule has 1 amide bonds. The fourth-order valence-electron chi connectivity index (χ4n) is 1.88. The van der Waals surface area contributed by atoms with Gasteiger partial charge in [-0.1, -0.05) is 35.2 Å². The van der Waals surface area contributed by atoms with Gasteiger partial charge in [0, 0.05) is 10.2 Å². The van der Waals surface area contributed by atoms with Gasteiger partial charge in [0.15, 0.2) is 4.34 Å². The lowest BCUT2D eigenvalue weighted by Crippen LogP contribution is -2.12. The Morgan fingerprint density at radius 3 is 2.60 bits per heavy atom. The largest absolute Gasteiger partial charge is 0.296 e. The second kappa shape index (κ2) is 8.03. The average Bonchev–Trinajstić information content (AvgIpc) is 3.04. The number of carbonyl (C=O) groups is 1. The second-order valence-electron chi connectivity index (χ2n) is 4.87. The number of carbonyl (C=O) groups excluding carboxylic acids is 1. The Hall–Kier alpha value is -1.84. The molecule has 0 spiro atoms. The number of nitrogens with one attached hydrogen (secondary N) is 1. The molecule has 0 fully saturated rings. The molecule has 0 aliphatic carbocycles. The second-order valence-corrected chi connectivity index (χ2v) is 7.92. The van der Waals surface area contributed by atoms with Gasteiger partial charge in [0.1, 0.15) is 11.6 Å². The Kier molecular flexibility index (Phi) is 5.77. The molecule has 2 aromatic carbocycles. The van der Waals surface area contributed by atoms with Crippen LogP contribution in [-0.4, -0.2) is 16.1 Å². The van der Waals surface area contributed by atoms with Gasteiger partial charge >= 0.3 is 0 Å². The standard InChI is InChI=1S/C16H10BrF2N3OS2/c17-13-6-5-11(19)7-12(13)14(23)20-15-21-22-16(25-15)24-8-9-1-3-10(18)4-2-9/h1-7H,8H2,(H,20,21,23). The molecule has 1 aromatic heterocycles. The number of hydrogen-bond acceptors (Lipinski definition) is 5. The van der Waals surface area contributed by atoms with E-state index in [1.165, 1.54) is 47.4 Å². The molecule has 1 N–H and O–H groups in total. The molecular weight excluding hydrogens is 432 g/mol. The topological polar surface area (TPSA) is 54.9 Å². The lowest BCUT2D eigenvalue weighted by Gasteiger charge is -2.03. The number of rotatable bonds is 5. The normalized spacial score (nSPS) is 10.7. The summed E-state index contributed by atoms with van der Waals surface area (Å²) in [6.45, 7) is 0. The zero-order chi connectivity index (χ0) is 17.8. The van der Waals surface area contributed by atoms with E-state index in [-0.39, 0.29) is 11.4 Å². The van der Waals surface area contributed by atoms with Crippen LogP contribution in [0.3, 0.4) is 0 Å². The smallest absolute Gasteiger partial charge is 0.258 e. The molecule has 4 nitrogen and oxygen atoms in total. The van der Waals surface area contributed by atoms with E-state index >= 15 is 0 Å². The lowest BCUT2D eigenvalue weighted by atomic mass is 10.2. The molecule has 0 bridgehead atoms. The Morgan fingerprint density at radius 2 is 1.84 bits per heavy atom. The third kappa shape index (κ3) is 4.83. The van der Waals surface area contributed by atoms with Crippen LogP contribution in [0.4, 0.5) is 13.9 Å². The van der Waals surface area contributed by atoms with Crippen LogP contribution in [0.25, 0.3) is 0 Å². The van der Waals surface area contributed by atoms with E-state index in [9.17, 15) is 13.6 Å². The van der Waals surface area contributed by atoms with Crippen molar-refractivity contribution in [2.75, 3.05) is 5.32 Å². The van der Waals surface area contributed by atoms with Crippen LogP contribution in [0.1, 0.15) is 15.9 Å². The Balaban J connectivity index is 1.62. The first kappa shape index (κ1) is 18.0. The van der Waals surface area contributed by atoms with Crippen LogP contribution in [0.2, 0.25) is 0 Å². The number of aromatic nitrogens is 2. The van der Waals surface area contributed by atoms with Crippen LogP contribution in [0.5, 0.6) is 0 Å². The summed E-state index contributed by atoms with van der Waals surface area (Å²) < 4.78 is 27.3. The molecule has 3 aromatic rings. The maximum atomic E-state index is 13.3. The molecule has 0 aliphatic heterocycles. The third-order valence-electron chi connectivity index (χ3n) is 3.08. The van der Waals surface area contributed by atoms with Gasteiger partial charge in [-0.3, -0.25) is 10.1 Å². The van der Waals surface area contributed by atoms with Crippen LogP contribution in [0.15, 0.2) is 51.3 Å². The number of hydrogen-bond donors (Lipinski definition) is 1. The fraction of sp³-hybridized carbons (Fsp3) is 0.0625. The van der Waals surface area contributed by atoms with Gasteiger partial charge in [-0.25, -0.2) is 8.78 Å². The minimum absolute atomic E-state index is 0.177.